The lowest BCUT2D eigenvalue weighted by molar-refractivity contribution is -0.118. The van der Waals surface area contributed by atoms with E-state index in [9.17, 15) is 4.79 Å². The van der Waals surface area contributed by atoms with Gasteiger partial charge in [-0.1, -0.05) is 6.07 Å². The molecule has 2 aliphatic rings. The van der Waals surface area contributed by atoms with Crippen molar-refractivity contribution in [3.8, 4) is 11.6 Å². The molecule has 1 aromatic heterocycles. The fraction of sp³-hybridized carbons (Fsp3) is 0.389. The molecule has 1 unspecified atom stereocenters. The van der Waals surface area contributed by atoms with Crippen LogP contribution >= 0.6 is 0 Å². The smallest absolute Gasteiger partial charge is 0.237 e. The van der Waals surface area contributed by atoms with Gasteiger partial charge in [0.25, 0.3) is 0 Å². The summed E-state index contributed by atoms with van der Waals surface area (Å²) in [5.41, 5.74) is 0.987. The Kier molecular flexibility index (Phi) is 3.90. The maximum Gasteiger partial charge on any atom is 0.237 e. The van der Waals surface area contributed by atoms with E-state index in [0.717, 1.165) is 38.0 Å². The van der Waals surface area contributed by atoms with Crippen molar-refractivity contribution in [2.75, 3.05) is 18.4 Å². The molecular formula is C18H20N4O2. The molecule has 1 atom stereocenters. The third-order valence-electron chi connectivity index (χ3n) is 4.97. The SMILES string of the molecule is O=C(Nc1cccc(Oc2cnccn2)c1)C1CC12CCNCC2. The second-order valence-corrected chi connectivity index (χ2v) is 6.53. The molecule has 6 heteroatoms. The number of hydrogen-bond donors (Lipinski definition) is 2. The summed E-state index contributed by atoms with van der Waals surface area (Å²) < 4.78 is 5.65. The number of ether oxygens (including phenoxy) is 1. The molecule has 1 aliphatic heterocycles. The predicted molar refractivity (Wildman–Crippen MR) is 89.8 cm³/mol. The van der Waals surface area contributed by atoms with Gasteiger partial charge < -0.3 is 15.4 Å². The van der Waals surface area contributed by atoms with Crippen LogP contribution in [0.2, 0.25) is 0 Å². The Morgan fingerprint density at radius 3 is 2.96 bits per heavy atom. The number of hydrogen-bond acceptors (Lipinski definition) is 5. The summed E-state index contributed by atoms with van der Waals surface area (Å²) in [4.78, 5) is 20.6. The number of nitrogens with zero attached hydrogens (tertiary/aromatic N) is 2. The van der Waals surface area contributed by atoms with Crippen LogP contribution in [0.1, 0.15) is 19.3 Å². The van der Waals surface area contributed by atoms with E-state index in [1.165, 1.54) is 0 Å². The van der Waals surface area contributed by atoms with Gasteiger partial charge in [0.2, 0.25) is 11.8 Å². The fourth-order valence-corrected chi connectivity index (χ4v) is 3.52. The summed E-state index contributed by atoms with van der Waals surface area (Å²) in [7, 11) is 0. The van der Waals surface area contributed by atoms with Gasteiger partial charge in [-0.25, -0.2) is 4.98 Å². The molecule has 1 saturated carbocycles. The molecule has 24 heavy (non-hydrogen) atoms. The summed E-state index contributed by atoms with van der Waals surface area (Å²) in [5, 5.41) is 6.39. The van der Waals surface area contributed by atoms with Crippen molar-refractivity contribution in [2.24, 2.45) is 11.3 Å². The van der Waals surface area contributed by atoms with E-state index in [1.54, 1.807) is 18.6 Å². The first-order chi connectivity index (χ1) is 11.8. The average Bonchev–Trinajstić information content (AvgIpc) is 3.30. The van der Waals surface area contributed by atoms with Crippen LogP contribution in [0, 0.1) is 11.3 Å². The van der Waals surface area contributed by atoms with Crippen molar-refractivity contribution < 1.29 is 9.53 Å². The van der Waals surface area contributed by atoms with Crippen molar-refractivity contribution in [3.63, 3.8) is 0 Å². The zero-order valence-corrected chi connectivity index (χ0v) is 13.4. The molecule has 1 aliphatic carbocycles. The molecule has 6 nitrogen and oxygen atoms in total. The molecule has 0 bridgehead atoms. The van der Waals surface area contributed by atoms with Gasteiger partial charge in [-0.05, 0) is 49.9 Å². The van der Waals surface area contributed by atoms with Gasteiger partial charge in [0.15, 0.2) is 0 Å². The van der Waals surface area contributed by atoms with Crippen molar-refractivity contribution in [1.29, 1.82) is 0 Å². The van der Waals surface area contributed by atoms with E-state index in [2.05, 4.69) is 20.6 Å². The lowest BCUT2D eigenvalue weighted by Gasteiger charge is -2.23. The van der Waals surface area contributed by atoms with Gasteiger partial charge in [-0.2, -0.15) is 0 Å². The van der Waals surface area contributed by atoms with Crippen LogP contribution in [0.5, 0.6) is 11.6 Å². The van der Waals surface area contributed by atoms with E-state index in [-0.39, 0.29) is 17.2 Å². The van der Waals surface area contributed by atoms with Gasteiger partial charge in [0, 0.05) is 30.1 Å². The highest BCUT2D eigenvalue weighted by molar-refractivity contribution is 5.95. The number of carbonyl (C=O) groups excluding carboxylic acids is 1. The van der Waals surface area contributed by atoms with Crippen LogP contribution in [0.15, 0.2) is 42.9 Å². The zero-order valence-electron chi connectivity index (χ0n) is 13.4. The zero-order chi connectivity index (χ0) is 16.4. The van der Waals surface area contributed by atoms with Crippen molar-refractivity contribution in [2.45, 2.75) is 19.3 Å². The first-order valence-corrected chi connectivity index (χ1v) is 8.31. The minimum Gasteiger partial charge on any atom is -0.437 e. The van der Waals surface area contributed by atoms with Crippen molar-refractivity contribution in [1.82, 2.24) is 15.3 Å². The van der Waals surface area contributed by atoms with Crippen LogP contribution in [0.25, 0.3) is 0 Å². The topological polar surface area (TPSA) is 76.1 Å². The van der Waals surface area contributed by atoms with Crippen LogP contribution in [0.4, 0.5) is 5.69 Å². The van der Waals surface area contributed by atoms with Crippen LogP contribution < -0.4 is 15.4 Å². The van der Waals surface area contributed by atoms with Crippen molar-refractivity contribution >= 4 is 11.6 Å². The second-order valence-electron chi connectivity index (χ2n) is 6.53. The standard InChI is InChI=1S/C18H20N4O2/c23-17(15-11-18(15)4-6-19-7-5-18)22-13-2-1-3-14(10-13)24-16-12-20-8-9-21-16/h1-3,8-10,12,15,19H,4-7,11H2,(H,22,23). The number of aromatic nitrogens is 2. The van der Waals surface area contributed by atoms with Crippen LogP contribution in [-0.2, 0) is 4.79 Å². The number of carbonyl (C=O) groups is 1. The summed E-state index contributed by atoms with van der Waals surface area (Å²) in [5.74, 6) is 1.32. The fourth-order valence-electron chi connectivity index (χ4n) is 3.52. The predicted octanol–water partition coefficient (Wildman–Crippen LogP) is 2.60. The molecule has 1 aromatic carbocycles. The highest BCUT2D eigenvalue weighted by Gasteiger charge is 2.57. The van der Waals surface area contributed by atoms with E-state index in [0.29, 0.717) is 11.6 Å². The van der Waals surface area contributed by atoms with E-state index < -0.39 is 0 Å². The maximum atomic E-state index is 12.5. The molecule has 2 aromatic rings. The lowest BCUT2D eigenvalue weighted by atomic mass is 9.92. The highest BCUT2D eigenvalue weighted by Crippen LogP contribution is 2.58. The van der Waals surface area contributed by atoms with Crippen LogP contribution in [0.3, 0.4) is 0 Å². The number of rotatable bonds is 4. The van der Waals surface area contributed by atoms with E-state index in [4.69, 9.17) is 4.74 Å². The highest BCUT2D eigenvalue weighted by atomic mass is 16.5. The third kappa shape index (κ3) is 3.10. The molecule has 2 N–H and O–H groups in total. The Labute approximate surface area is 140 Å². The number of piperidine rings is 1. The van der Waals surface area contributed by atoms with E-state index >= 15 is 0 Å². The van der Waals surface area contributed by atoms with Gasteiger partial charge in [-0.15, -0.1) is 0 Å². The molecule has 2 fully saturated rings. The Morgan fingerprint density at radius 2 is 2.17 bits per heavy atom. The summed E-state index contributed by atoms with van der Waals surface area (Å²) in [6.45, 7) is 2.04. The molecule has 1 spiro atoms. The first-order valence-electron chi connectivity index (χ1n) is 8.31. The maximum absolute atomic E-state index is 12.5. The number of benzene rings is 1. The van der Waals surface area contributed by atoms with Gasteiger partial charge in [-0.3, -0.25) is 9.78 Å². The first kappa shape index (κ1) is 15.1. The summed E-state index contributed by atoms with van der Waals surface area (Å²) in [6, 6.07) is 7.37. The van der Waals surface area contributed by atoms with Gasteiger partial charge in [0.05, 0.1) is 6.20 Å². The van der Waals surface area contributed by atoms with Crippen molar-refractivity contribution in [3.05, 3.63) is 42.9 Å². The lowest BCUT2D eigenvalue weighted by Crippen LogP contribution is -2.31. The number of amides is 1. The summed E-state index contributed by atoms with van der Waals surface area (Å²) >= 11 is 0. The third-order valence-corrected chi connectivity index (χ3v) is 4.97. The summed E-state index contributed by atoms with van der Waals surface area (Å²) in [6.07, 6.45) is 7.93. The quantitative estimate of drug-likeness (QED) is 0.904. The Bertz CT molecular complexity index is 729. The number of nitrogens with one attached hydrogen (secondary N) is 2. The molecule has 2 heterocycles. The Morgan fingerprint density at radius 1 is 1.29 bits per heavy atom. The minimum absolute atomic E-state index is 0.119. The molecule has 4 rings (SSSR count). The normalized spacial score (nSPS) is 21.2. The number of anilines is 1. The molecule has 1 amide bonds. The second kappa shape index (κ2) is 6.20. The van der Waals surface area contributed by atoms with Gasteiger partial charge >= 0.3 is 0 Å². The molecular weight excluding hydrogens is 304 g/mol. The largest absolute Gasteiger partial charge is 0.437 e. The van der Waals surface area contributed by atoms with Crippen LogP contribution in [-0.4, -0.2) is 29.0 Å². The Balaban J connectivity index is 1.40. The monoisotopic (exact) mass is 324 g/mol. The molecule has 124 valence electrons. The Hall–Kier alpha value is -2.47. The van der Waals surface area contributed by atoms with Gasteiger partial charge in [0.1, 0.15) is 5.75 Å². The molecule has 0 radical (unpaired) electrons. The molecule has 1 saturated heterocycles. The van der Waals surface area contributed by atoms with E-state index in [1.807, 2.05) is 24.3 Å². The average molecular weight is 324 g/mol. The minimum atomic E-state index is 0.119.